The van der Waals surface area contributed by atoms with Crippen LogP contribution in [0, 0.1) is 11.8 Å². The van der Waals surface area contributed by atoms with Crippen LogP contribution in [-0.2, 0) is 14.4 Å². The average molecular weight is 282 g/mol. The van der Waals surface area contributed by atoms with Gasteiger partial charge in [0.05, 0.1) is 5.92 Å². The Balaban J connectivity index is 1.76. The monoisotopic (exact) mass is 282 g/mol. The second kappa shape index (κ2) is 6.24. The van der Waals surface area contributed by atoms with Crippen molar-refractivity contribution < 1.29 is 19.5 Å². The molecule has 0 aromatic carbocycles. The minimum atomic E-state index is -0.767. The smallest absolute Gasteiger partial charge is 0.306 e. The normalized spacial score (nSPS) is 27.4. The summed E-state index contributed by atoms with van der Waals surface area (Å²) in [6.07, 6.45) is 3.31. The number of hydrogen-bond donors (Lipinski definition) is 2. The Morgan fingerprint density at radius 2 is 1.70 bits per heavy atom. The van der Waals surface area contributed by atoms with Crippen molar-refractivity contribution in [1.29, 1.82) is 0 Å². The summed E-state index contributed by atoms with van der Waals surface area (Å²) in [5, 5.41) is 11.9. The number of nitrogens with one attached hydrogen (secondary N) is 1. The topological polar surface area (TPSA) is 86.7 Å². The van der Waals surface area contributed by atoms with Gasteiger partial charge in [0, 0.05) is 32.0 Å². The highest BCUT2D eigenvalue weighted by molar-refractivity contribution is 5.80. The molecule has 1 saturated carbocycles. The second-order valence-electron chi connectivity index (χ2n) is 5.83. The molecule has 6 heteroatoms. The molecule has 0 radical (unpaired) electrons. The van der Waals surface area contributed by atoms with Crippen molar-refractivity contribution in [2.24, 2.45) is 11.8 Å². The van der Waals surface area contributed by atoms with E-state index in [1.54, 1.807) is 11.8 Å². The Bertz CT molecular complexity index is 402. The van der Waals surface area contributed by atoms with Gasteiger partial charge in [-0.25, -0.2) is 0 Å². The molecule has 2 N–H and O–H groups in total. The van der Waals surface area contributed by atoms with Gasteiger partial charge in [0.2, 0.25) is 11.8 Å². The van der Waals surface area contributed by atoms with Gasteiger partial charge in [-0.2, -0.15) is 0 Å². The number of amides is 2. The SMILES string of the molecule is CC(=O)N1CCC(C(=O)NC2CCC(C(=O)O)C2)CC1. The highest BCUT2D eigenvalue weighted by Gasteiger charge is 2.33. The summed E-state index contributed by atoms with van der Waals surface area (Å²) < 4.78 is 0. The number of nitrogens with zero attached hydrogens (tertiary/aromatic N) is 1. The summed E-state index contributed by atoms with van der Waals surface area (Å²) in [5.41, 5.74) is 0. The van der Waals surface area contributed by atoms with Gasteiger partial charge in [0.25, 0.3) is 0 Å². The lowest BCUT2D eigenvalue weighted by Gasteiger charge is -2.31. The molecule has 1 saturated heterocycles. The molecule has 2 aliphatic rings. The molecular weight excluding hydrogens is 260 g/mol. The zero-order chi connectivity index (χ0) is 14.7. The van der Waals surface area contributed by atoms with Gasteiger partial charge in [-0.05, 0) is 32.1 Å². The van der Waals surface area contributed by atoms with E-state index in [0.717, 1.165) is 6.42 Å². The van der Waals surface area contributed by atoms with Crippen LogP contribution >= 0.6 is 0 Å². The van der Waals surface area contributed by atoms with Gasteiger partial charge >= 0.3 is 5.97 Å². The maximum atomic E-state index is 12.1. The lowest BCUT2D eigenvalue weighted by Crippen LogP contribution is -2.44. The van der Waals surface area contributed by atoms with Gasteiger partial charge in [-0.3, -0.25) is 14.4 Å². The molecule has 20 heavy (non-hydrogen) atoms. The van der Waals surface area contributed by atoms with Crippen molar-refractivity contribution in [3.8, 4) is 0 Å². The first-order valence-electron chi connectivity index (χ1n) is 7.26. The third kappa shape index (κ3) is 3.49. The highest BCUT2D eigenvalue weighted by Crippen LogP contribution is 2.26. The third-order valence-corrected chi connectivity index (χ3v) is 4.44. The van der Waals surface area contributed by atoms with E-state index < -0.39 is 5.97 Å². The number of carboxylic acids is 1. The van der Waals surface area contributed by atoms with E-state index in [-0.39, 0.29) is 29.7 Å². The lowest BCUT2D eigenvalue weighted by molar-refractivity contribution is -0.141. The Morgan fingerprint density at radius 3 is 2.20 bits per heavy atom. The molecule has 2 fully saturated rings. The van der Waals surface area contributed by atoms with Crippen molar-refractivity contribution in [3.63, 3.8) is 0 Å². The minimum absolute atomic E-state index is 0.00515. The summed E-state index contributed by atoms with van der Waals surface area (Å²) in [6.45, 7) is 2.82. The van der Waals surface area contributed by atoms with Crippen LogP contribution in [-0.4, -0.2) is 46.9 Å². The fourth-order valence-electron chi connectivity index (χ4n) is 3.11. The van der Waals surface area contributed by atoms with Gasteiger partial charge < -0.3 is 15.3 Å². The Labute approximate surface area is 118 Å². The lowest BCUT2D eigenvalue weighted by atomic mass is 9.95. The summed E-state index contributed by atoms with van der Waals surface area (Å²) >= 11 is 0. The molecule has 2 amide bonds. The van der Waals surface area contributed by atoms with Gasteiger partial charge in [0.15, 0.2) is 0 Å². The van der Waals surface area contributed by atoms with Crippen LogP contribution in [0.1, 0.15) is 39.0 Å². The number of piperidine rings is 1. The minimum Gasteiger partial charge on any atom is -0.481 e. The molecule has 2 atom stereocenters. The first kappa shape index (κ1) is 14.8. The van der Waals surface area contributed by atoms with Crippen molar-refractivity contribution in [3.05, 3.63) is 0 Å². The molecule has 1 heterocycles. The highest BCUT2D eigenvalue weighted by atomic mass is 16.4. The number of aliphatic carboxylic acids is 1. The van der Waals surface area contributed by atoms with E-state index in [4.69, 9.17) is 5.11 Å². The van der Waals surface area contributed by atoms with Gasteiger partial charge in [-0.15, -0.1) is 0 Å². The van der Waals surface area contributed by atoms with E-state index in [1.807, 2.05) is 0 Å². The second-order valence-corrected chi connectivity index (χ2v) is 5.83. The number of rotatable bonds is 3. The molecule has 0 spiro atoms. The Morgan fingerprint density at radius 1 is 1.05 bits per heavy atom. The molecule has 0 aromatic heterocycles. The number of carbonyl (C=O) groups is 3. The molecule has 1 aliphatic carbocycles. The molecule has 6 nitrogen and oxygen atoms in total. The maximum absolute atomic E-state index is 12.1. The number of hydrogen-bond acceptors (Lipinski definition) is 3. The number of likely N-dealkylation sites (tertiary alicyclic amines) is 1. The molecule has 112 valence electrons. The Kier molecular flexibility index (Phi) is 4.62. The number of carbonyl (C=O) groups excluding carboxylic acids is 2. The summed E-state index contributed by atoms with van der Waals surface area (Å²) in [5.74, 6) is -1.06. The first-order chi connectivity index (χ1) is 9.47. The van der Waals surface area contributed by atoms with E-state index >= 15 is 0 Å². The van der Waals surface area contributed by atoms with E-state index in [1.165, 1.54) is 0 Å². The summed E-state index contributed by atoms with van der Waals surface area (Å²) in [7, 11) is 0. The molecule has 2 unspecified atom stereocenters. The molecule has 0 aromatic rings. The zero-order valence-corrected chi connectivity index (χ0v) is 11.8. The van der Waals surface area contributed by atoms with E-state index in [2.05, 4.69) is 5.32 Å². The van der Waals surface area contributed by atoms with E-state index in [9.17, 15) is 14.4 Å². The van der Waals surface area contributed by atoms with Crippen molar-refractivity contribution in [2.45, 2.75) is 45.1 Å². The number of carboxylic acid groups (broad SMARTS) is 1. The van der Waals surface area contributed by atoms with Crippen molar-refractivity contribution in [2.75, 3.05) is 13.1 Å². The van der Waals surface area contributed by atoms with E-state index in [0.29, 0.717) is 38.8 Å². The molecular formula is C14H22N2O4. The summed E-state index contributed by atoms with van der Waals surface area (Å²) in [6, 6.07) is -0.00515. The zero-order valence-electron chi connectivity index (χ0n) is 11.8. The fraction of sp³-hybridized carbons (Fsp3) is 0.786. The van der Waals surface area contributed by atoms with Crippen molar-refractivity contribution in [1.82, 2.24) is 10.2 Å². The molecule has 1 aliphatic heterocycles. The fourth-order valence-corrected chi connectivity index (χ4v) is 3.11. The van der Waals surface area contributed by atoms with Crippen LogP contribution in [0.2, 0.25) is 0 Å². The van der Waals surface area contributed by atoms with Crippen molar-refractivity contribution >= 4 is 17.8 Å². The quantitative estimate of drug-likeness (QED) is 0.794. The predicted molar refractivity (Wildman–Crippen MR) is 71.9 cm³/mol. The average Bonchev–Trinajstić information content (AvgIpc) is 2.87. The van der Waals surface area contributed by atoms with Crippen LogP contribution in [0.15, 0.2) is 0 Å². The Hall–Kier alpha value is -1.59. The predicted octanol–water partition coefficient (Wildman–Crippen LogP) is 0.614. The van der Waals surface area contributed by atoms with Crippen LogP contribution in [0.5, 0.6) is 0 Å². The van der Waals surface area contributed by atoms with Gasteiger partial charge in [0.1, 0.15) is 0 Å². The summed E-state index contributed by atoms with van der Waals surface area (Å²) in [4.78, 5) is 36.0. The largest absolute Gasteiger partial charge is 0.481 e. The molecule has 0 bridgehead atoms. The maximum Gasteiger partial charge on any atom is 0.306 e. The standard InChI is InChI=1S/C14H22N2O4/c1-9(17)16-6-4-10(5-7-16)13(18)15-12-3-2-11(8-12)14(19)20/h10-12H,2-8H2,1H3,(H,15,18)(H,19,20). The first-order valence-corrected chi connectivity index (χ1v) is 7.26. The van der Waals surface area contributed by atoms with Crippen LogP contribution < -0.4 is 5.32 Å². The van der Waals surface area contributed by atoms with Gasteiger partial charge in [-0.1, -0.05) is 0 Å². The third-order valence-electron chi connectivity index (χ3n) is 4.44. The van der Waals surface area contributed by atoms with Crippen LogP contribution in [0.3, 0.4) is 0 Å². The van der Waals surface area contributed by atoms with Crippen LogP contribution in [0.4, 0.5) is 0 Å². The van der Waals surface area contributed by atoms with Crippen LogP contribution in [0.25, 0.3) is 0 Å². The molecule has 2 rings (SSSR count).